The number of carbonyl (C=O) groups excluding carboxylic acids is 6. The molecule has 13 heterocycles. The number of esters is 2. The number of aromatic nitrogens is 16. The summed E-state index contributed by atoms with van der Waals surface area (Å²) in [7, 11) is -4.01. The number of Topliss-reactive ketones (excluding diaryl/α,β-unsaturated/α-hetero) is 1. The molecule has 798 valence electrons. The molecule has 0 bridgehead atoms. The number of benzene rings is 1. The summed E-state index contributed by atoms with van der Waals surface area (Å²) in [6.45, 7) is 7.61. The van der Waals surface area contributed by atoms with Crippen molar-refractivity contribution in [2.24, 2.45) is 21.7 Å². The van der Waals surface area contributed by atoms with Crippen LogP contribution in [0.25, 0.3) is 44.8 Å². The van der Waals surface area contributed by atoms with Crippen LogP contribution in [0.3, 0.4) is 0 Å². The number of halogens is 12. The predicted octanol–water partition coefficient (Wildman–Crippen LogP) is 18.6. The highest BCUT2D eigenvalue weighted by molar-refractivity contribution is 7.90. The number of carbonyl (C=O) groups is 6. The first kappa shape index (κ1) is 111. The Bertz CT molecular complexity index is 6950. The van der Waals surface area contributed by atoms with Gasteiger partial charge in [0.1, 0.15) is 11.4 Å². The minimum Gasteiger partial charge on any atom is -0.466 e. The second kappa shape index (κ2) is 50.0. The zero-order valence-electron chi connectivity index (χ0n) is 81.8. The van der Waals surface area contributed by atoms with E-state index >= 15 is 0 Å². The molecule has 10 aromatic heterocycles. The maximum Gasteiger partial charge on any atom is 0.330 e. The van der Waals surface area contributed by atoms with Crippen LogP contribution in [0.4, 0.5) is 61.2 Å². The number of fused-ring (bicyclic) bond motifs is 2. The molecule has 3 aliphatic heterocycles. The third-order valence-corrected chi connectivity index (χ3v) is 30.6. The molecular formula is C99H110Cl6F6N26O12S. The van der Waals surface area contributed by atoms with Crippen LogP contribution in [-0.4, -0.2) is 203 Å². The Morgan fingerprint density at radius 3 is 1.33 bits per heavy atom. The number of nitro groups is 1. The molecule has 9 fully saturated rings. The second-order valence-corrected chi connectivity index (χ2v) is 43.1. The molecule has 6 aliphatic carbocycles. The fraction of sp³-hybridized carbons (Fsp3) is 0.475. The van der Waals surface area contributed by atoms with E-state index in [0.29, 0.717) is 122 Å². The number of anilines is 6. The normalized spacial score (nSPS) is 23.1. The van der Waals surface area contributed by atoms with E-state index in [1.807, 2.05) is 6.92 Å². The van der Waals surface area contributed by atoms with Crippen molar-refractivity contribution in [1.82, 2.24) is 94.7 Å². The minimum absolute atomic E-state index is 0.00278. The van der Waals surface area contributed by atoms with E-state index in [2.05, 4.69) is 123 Å². The Balaban J connectivity index is 0.000000138. The molecule has 10 N–H and O–H groups in total. The smallest absolute Gasteiger partial charge is 0.330 e. The number of ether oxygens (including phenoxy) is 2. The van der Waals surface area contributed by atoms with E-state index in [0.717, 1.165) is 167 Å². The van der Waals surface area contributed by atoms with Gasteiger partial charge in [-0.1, -0.05) is 72.2 Å². The van der Waals surface area contributed by atoms with E-state index in [1.54, 1.807) is 50.5 Å². The van der Waals surface area contributed by atoms with Crippen molar-refractivity contribution in [2.45, 2.75) is 242 Å². The predicted molar refractivity (Wildman–Crippen MR) is 550 cm³/mol. The van der Waals surface area contributed by atoms with Crippen LogP contribution in [0.5, 0.6) is 0 Å². The topological polar surface area (TPSA) is 508 Å². The van der Waals surface area contributed by atoms with Gasteiger partial charge in [0.15, 0.2) is 87.1 Å². The highest BCUT2D eigenvalue weighted by atomic mass is 35.5. The fourth-order valence-corrected chi connectivity index (χ4v) is 23.2. The number of aryl methyl sites for hydroxylation is 1. The van der Waals surface area contributed by atoms with Crippen molar-refractivity contribution in [2.75, 3.05) is 71.3 Å². The number of aromatic amines is 1. The van der Waals surface area contributed by atoms with E-state index in [4.69, 9.17) is 79.1 Å². The molecule has 3 saturated heterocycles. The van der Waals surface area contributed by atoms with E-state index < -0.39 is 61.2 Å². The van der Waals surface area contributed by atoms with E-state index in [1.165, 1.54) is 36.8 Å². The van der Waals surface area contributed by atoms with Crippen LogP contribution in [0, 0.1) is 73.6 Å². The van der Waals surface area contributed by atoms with Gasteiger partial charge < -0.3 is 62.3 Å². The Morgan fingerprint density at radius 1 is 0.493 bits per heavy atom. The number of H-pyrrole nitrogens is 1. The highest BCUT2D eigenvalue weighted by Gasteiger charge is 2.47. The van der Waals surface area contributed by atoms with Gasteiger partial charge in [0.2, 0.25) is 45.4 Å². The van der Waals surface area contributed by atoms with Crippen molar-refractivity contribution in [1.29, 1.82) is 0 Å². The molecule has 0 radical (unpaired) electrons. The van der Waals surface area contributed by atoms with Crippen LogP contribution in [0.1, 0.15) is 199 Å². The first-order valence-corrected chi connectivity index (χ1v) is 52.9. The van der Waals surface area contributed by atoms with Crippen LogP contribution < -0.4 is 47.9 Å². The lowest BCUT2D eigenvalue weighted by molar-refractivity contribution is -0.499. The Labute approximate surface area is 888 Å². The molecule has 10 atom stereocenters. The molecule has 9 aliphatic rings. The van der Waals surface area contributed by atoms with Gasteiger partial charge in [-0.3, -0.25) is 34.1 Å². The lowest BCUT2D eigenvalue weighted by Crippen LogP contribution is -2.42. The van der Waals surface area contributed by atoms with Crippen molar-refractivity contribution in [3.63, 3.8) is 0 Å². The van der Waals surface area contributed by atoms with Crippen LogP contribution in [-0.2, 0) is 48.3 Å². The summed E-state index contributed by atoms with van der Waals surface area (Å²) in [6, 6.07) is 9.69. The monoisotopic (exact) mass is 2210 g/mol. The van der Waals surface area contributed by atoms with Gasteiger partial charge in [-0.2, -0.15) is 19.9 Å². The maximum absolute atomic E-state index is 14.9. The molecule has 1 aromatic carbocycles. The Kier molecular flexibility index (Phi) is 37.2. The van der Waals surface area contributed by atoms with E-state index in [-0.39, 0.29) is 174 Å². The molecule has 38 nitrogen and oxygen atoms in total. The number of rotatable bonds is 23. The van der Waals surface area contributed by atoms with Gasteiger partial charge in [-0.05, 0) is 223 Å². The minimum atomic E-state index is -4.01. The van der Waals surface area contributed by atoms with Crippen molar-refractivity contribution in [3.05, 3.63) is 192 Å². The summed E-state index contributed by atoms with van der Waals surface area (Å²) >= 11 is 34.9. The number of nitrogens with one attached hydrogen (secondary N) is 10. The highest BCUT2D eigenvalue weighted by Crippen LogP contribution is 2.48. The number of pyridine rings is 2. The van der Waals surface area contributed by atoms with Crippen LogP contribution in [0.15, 0.2) is 115 Å². The molecule has 6 saturated carbocycles. The van der Waals surface area contributed by atoms with Crippen LogP contribution in [0.2, 0.25) is 31.2 Å². The van der Waals surface area contributed by atoms with Crippen molar-refractivity contribution < 1.29 is 77.9 Å². The number of amides is 3. The summed E-state index contributed by atoms with van der Waals surface area (Å²) in [5, 5.41) is 40.2. The van der Waals surface area contributed by atoms with E-state index in [9.17, 15) is 73.6 Å². The molecule has 4 unspecified atom stereocenters. The third-order valence-electron chi connectivity index (χ3n) is 27.8. The zero-order valence-corrected chi connectivity index (χ0v) is 87.2. The number of ketones is 1. The van der Waals surface area contributed by atoms with Crippen LogP contribution >= 0.6 is 69.6 Å². The molecule has 51 heteroatoms. The summed E-state index contributed by atoms with van der Waals surface area (Å²) in [6.07, 6.45) is 34.7. The summed E-state index contributed by atoms with van der Waals surface area (Å²) in [5.41, 5.74) is 2.85. The lowest BCUT2D eigenvalue weighted by atomic mass is 9.70. The largest absolute Gasteiger partial charge is 0.466 e. The molecule has 150 heavy (non-hydrogen) atoms. The molecule has 20 rings (SSSR count). The summed E-state index contributed by atoms with van der Waals surface area (Å²) in [4.78, 5) is 139. The zero-order chi connectivity index (χ0) is 107. The average molecular weight is 2210 g/mol. The first-order chi connectivity index (χ1) is 71.8. The van der Waals surface area contributed by atoms with Crippen molar-refractivity contribution >= 4 is 172 Å². The standard InChI is InChI=1S/C27H26ClFN6O3S.C20H20ClFN6O.C15H20ClFN4O4.C14H17ClFN3O2.C13H16ClFN4O.C10H11ClFN3O/c1-16-4-6-19(7-5-16)39(37,38)35-14-21(20-9-17(28)12-31-26(20)35)24-30-13-22(29)25(34-24)33-18-3-2-8-27(10-18)11-23(36)32-15-27;21-11-4-13-14(8-24-17(13)23-7-11)18-25-9-15(22)19(28-18)27-12-2-1-3-20(5-12)6-16(29)26-10-20;1-2-25-12(22)7-15(9-21(23)24)5-3-4-10(6-15)19-13-11(17)8-18-14(16)20-13;1-2-21-12(20)7-9-4-3-5-10(6-9)18-13-11(16)8-17-14(15)19-13;14-12-16-6-9(15)11(19-12)18-8-2-1-3-13(4-8)5-10(20)17-7-13;11-10-13-5-8(12)9(15-10)14-6-2-1-3-7(16)4-6/h4-7,9,12-14,18H,2-3,8,10-11,15H2,1H3,(H,32,36)(H,30,33,34);4,7-9,12H,1-3,5-6,10H2,(H,23,24)(H,26,29)(H,25,27,28);8,10H,2-7,9H2,1H3,(H,18,19,20);7-8,10H,2-6H2,1H3,(H,17,18,19);6,8H,1-5,7H2,(H,17,20)(H,16,18,19);5-6H,1-4H2,(H,13,14,15)/t18-,27?;12-,20?;10-,15?;10-;8-,13?;6-/m000000/s1. The average Bonchev–Trinajstić information content (AvgIpc) is 1.59. The number of nitrogens with zero attached hydrogens (tertiary/aromatic N) is 16. The Morgan fingerprint density at radius 2 is 0.893 bits per heavy atom. The molecule has 11 aromatic rings. The van der Waals surface area contributed by atoms with Gasteiger partial charge in [-0.25, -0.2) is 93.4 Å². The third kappa shape index (κ3) is 29.6. The first-order valence-electron chi connectivity index (χ1n) is 49.2. The SMILES string of the molecule is CCOC(=O)C=C1CCC[C@H](Nc2nc(Cl)ncc2F)C1.CCOC(=O)CC1(C[N+](=O)[O-])CCC[C@H](Nc2nc(Cl)ncc2F)C1.Cc1ccc(S(=O)(=O)n2cc(-c3ncc(F)c(N[C@H]4CCCC5(CNC(=O)C5)C4)n3)c3cc(Cl)cnc32)cc1.O=C1CC2(CCC[C@H](Nc3nc(-c4c[nH]c5ncc(Cl)cc45)ncc3F)C2)CN1.O=C1CC2(CCC[C@H](Nc3nc(Cl)ncc3F)C2)CN1.O=C1CCC[C@H](Nc2nc(Cl)ncc2F)C1. The van der Waals surface area contributed by atoms with Gasteiger partial charge in [0.25, 0.3) is 10.0 Å². The van der Waals surface area contributed by atoms with Gasteiger partial charge in [-0.15, -0.1) is 0 Å². The fourth-order valence-electron chi connectivity index (χ4n) is 21.1. The van der Waals surface area contributed by atoms with Gasteiger partial charge in [0.05, 0.1) is 71.8 Å². The van der Waals surface area contributed by atoms with Gasteiger partial charge in [0, 0.05) is 151 Å². The summed E-state index contributed by atoms with van der Waals surface area (Å²) < 4.78 is 122. The maximum atomic E-state index is 14.9. The lowest BCUT2D eigenvalue weighted by Gasteiger charge is -2.37. The Hall–Kier alpha value is -12.7. The molecule has 3 amide bonds. The quantitative estimate of drug-likeness (QED) is 0.00710. The van der Waals surface area contributed by atoms with Gasteiger partial charge >= 0.3 is 11.9 Å². The number of hydrogen-bond acceptors (Lipinski definition) is 32. The van der Waals surface area contributed by atoms with Crippen molar-refractivity contribution in [3.8, 4) is 22.8 Å². The molecular weight excluding hydrogens is 2100 g/mol. The second-order valence-electron chi connectivity index (χ2n) is 39.1. The number of hydrogen-bond donors (Lipinski definition) is 10. The molecule has 3 spiro atoms. The summed E-state index contributed by atoms with van der Waals surface area (Å²) in [5.74, 6) is -2.69.